The highest BCUT2D eigenvalue weighted by molar-refractivity contribution is 4.75. The summed E-state index contributed by atoms with van der Waals surface area (Å²) in [7, 11) is 5.90. The van der Waals surface area contributed by atoms with Crippen LogP contribution < -0.4 is 5.43 Å². The molecule has 1 rings (SSSR count). The number of hydrogen-bond donors (Lipinski definition) is 1. The maximum absolute atomic E-state index is 5.30. The van der Waals surface area contributed by atoms with Gasteiger partial charge in [0, 0.05) is 27.2 Å². The topological polar surface area (TPSA) is 24.5 Å². The molecule has 0 aromatic rings. The minimum absolute atomic E-state index is 0.505. The Morgan fingerprint density at radius 3 is 2.17 bits per heavy atom. The predicted octanol–water partition coefficient (Wildman–Crippen LogP) is 1.01. The molecule has 1 fully saturated rings. The van der Waals surface area contributed by atoms with E-state index in [0.29, 0.717) is 12.1 Å². The van der Waals surface area contributed by atoms with Gasteiger partial charge in [-0.1, -0.05) is 0 Å². The van der Waals surface area contributed by atoms with Gasteiger partial charge < -0.3 is 4.74 Å². The Morgan fingerprint density at radius 1 is 1.17 bits per heavy atom. The van der Waals surface area contributed by atoms with E-state index in [2.05, 4.69) is 5.43 Å². The first-order chi connectivity index (χ1) is 5.72. The fourth-order valence-electron chi connectivity index (χ4n) is 1.79. The smallest absolute Gasteiger partial charge is 0.0572 e. The van der Waals surface area contributed by atoms with E-state index in [1.807, 2.05) is 26.2 Å². The lowest BCUT2D eigenvalue weighted by atomic mass is 9.93. The molecule has 0 aliphatic heterocycles. The number of methoxy groups -OCH3 is 1. The number of hydrazine groups is 1. The van der Waals surface area contributed by atoms with E-state index in [1.165, 1.54) is 25.7 Å². The van der Waals surface area contributed by atoms with Gasteiger partial charge in [-0.05, 0) is 25.7 Å². The highest BCUT2D eigenvalue weighted by Gasteiger charge is 2.20. The van der Waals surface area contributed by atoms with Crippen LogP contribution in [-0.4, -0.2) is 38.4 Å². The molecule has 0 saturated heterocycles. The van der Waals surface area contributed by atoms with Crippen molar-refractivity contribution < 1.29 is 4.74 Å². The third-order valence-corrected chi connectivity index (χ3v) is 2.45. The van der Waals surface area contributed by atoms with Crippen LogP contribution in [0.25, 0.3) is 0 Å². The quantitative estimate of drug-likeness (QED) is 0.643. The van der Waals surface area contributed by atoms with Crippen molar-refractivity contribution in [3.05, 3.63) is 0 Å². The molecule has 1 N–H and O–H groups in total. The normalized spacial score (nSPS) is 31.0. The Labute approximate surface area is 75.0 Å². The van der Waals surface area contributed by atoms with E-state index in [9.17, 15) is 0 Å². The monoisotopic (exact) mass is 172 g/mol. The van der Waals surface area contributed by atoms with E-state index < -0.39 is 0 Å². The Kier molecular flexibility index (Phi) is 3.98. The van der Waals surface area contributed by atoms with Gasteiger partial charge in [0.25, 0.3) is 0 Å². The number of nitrogens with zero attached hydrogens (tertiary/aromatic N) is 1. The van der Waals surface area contributed by atoms with Crippen molar-refractivity contribution in [2.75, 3.05) is 21.2 Å². The molecule has 0 heterocycles. The van der Waals surface area contributed by atoms with Gasteiger partial charge in [0.1, 0.15) is 0 Å². The van der Waals surface area contributed by atoms with Crippen LogP contribution in [-0.2, 0) is 4.74 Å². The van der Waals surface area contributed by atoms with Gasteiger partial charge in [-0.15, -0.1) is 0 Å². The predicted molar refractivity (Wildman–Crippen MR) is 49.9 cm³/mol. The van der Waals surface area contributed by atoms with Crippen LogP contribution in [0.3, 0.4) is 0 Å². The average molecular weight is 172 g/mol. The van der Waals surface area contributed by atoms with Crippen molar-refractivity contribution in [3.8, 4) is 0 Å². The van der Waals surface area contributed by atoms with Gasteiger partial charge in [0.05, 0.1) is 6.10 Å². The van der Waals surface area contributed by atoms with Gasteiger partial charge in [-0.3, -0.25) is 10.4 Å². The first kappa shape index (κ1) is 9.96. The summed E-state index contributed by atoms with van der Waals surface area (Å²) in [5.41, 5.74) is 3.40. The van der Waals surface area contributed by atoms with E-state index in [0.717, 1.165) is 0 Å². The van der Waals surface area contributed by atoms with Crippen molar-refractivity contribution >= 4 is 0 Å². The second kappa shape index (κ2) is 4.80. The minimum atomic E-state index is 0.505. The molecule has 0 radical (unpaired) electrons. The summed E-state index contributed by atoms with van der Waals surface area (Å²) in [5.74, 6) is 0. The maximum atomic E-state index is 5.30. The third-order valence-electron chi connectivity index (χ3n) is 2.45. The van der Waals surface area contributed by atoms with Crippen molar-refractivity contribution in [2.24, 2.45) is 0 Å². The molecule has 0 amide bonds. The first-order valence-corrected chi connectivity index (χ1v) is 4.68. The molecule has 1 saturated carbocycles. The van der Waals surface area contributed by atoms with E-state index >= 15 is 0 Å². The highest BCUT2D eigenvalue weighted by Crippen LogP contribution is 2.20. The van der Waals surface area contributed by atoms with Gasteiger partial charge in [0.15, 0.2) is 0 Å². The Hall–Kier alpha value is -0.120. The Morgan fingerprint density at radius 2 is 1.75 bits per heavy atom. The maximum Gasteiger partial charge on any atom is 0.0572 e. The van der Waals surface area contributed by atoms with Gasteiger partial charge in [0.2, 0.25) is 0 Å². The summed E-state index contributed by atoms with van der Waals surface area (Å²) in [5, 5.41) is 2.04. The lowest BCUT2D eigenvalue weighted by Gasteiger charge is -2.30. The number of rotatable bonds is 3. The number of ether oxygens (including phenoxy) is 1. The first-order valence-electron chi connectivity index (χ1n) is 4.68. The van der Waals surface area contributed by atoms with E-state index in [4.69, 9.17) is 4.74 Å². The number of nitrogens with one attached hydrogen (secondary N) is 1. The van der Waals surface area contributed by atoms with E-state index in [1.54, 1.807) is 0 Å². The Bertz CT molecular complexity index is 120. The summed E-state index contributed by atoms with van der Waals surface area (Å²) in [6.07, 6.45) is 5.36. The largest absolute Gasteiger partial charge is 0.381 e. The van der Waals surface area contributed by atoms with Crippen LogP contribution in [0.4, 0.5) is 0 Å². The molecular formula is C9H20N2O. The second-order valence-electron chi connectivity index (χ2n) is 3.73. The number of hydrogen-bond acceptors (Lipinski definition) is 3. The van der Waals surface area contributed by atoms with Crippen LogP contribution in [0.15, 0.2) is 0 Å². The molecule has 0 unspecified atom stereocenters. The molecule has 12 heavy (non-hydrogen) atoms. The fourth-order valence-corrected chi connectivity index (χ4v) is 1.79. The van der Waals surface area contributed by atoms with Crippen molar-refractivity contribution in [1.82, 2.24) is 10.4 Å². The zero-order valence-corrected chi connectivity index (χ0v) is 8.34. The summed E-state index contributed by atoms with van der Waals surface area (Å²) < 4.78 is 5.30. The molecule has 1 aliphatic carbocycles. The van der Waals surface area contributed by atoms with Gasteiger partial charge >= 0.3 is 0 Å². The molecule has 3 nitrogen and oxygen atoms in total. The zero-order valence-electron chi connectivity index (χ0n) is 8.34. The molecule has 0 aromatic heterocycles. The summed E-state index contributed by atoms with van der Waals surface area (Å²) >= 11 is 0. The summed E-state index contributed by atoms with van der Waals surface area (Å²) in [6, 6.07) is 0.659. The van der Waals surface area contributed by atoms with E-state index in [-0.39, 0.29) is 0 Å². The summed E-state index contributed by atoms with van der Waals surface area (Å²) in [6.45, 7) is 0. The molecule has 72 valence electrons. The highest BCUT2D eigenvalue weighted by atomic mass is 16.5. The second-order valence-corrected chi connectivity index (χ2v) is 3.73. The molecule has 3 heteroatoms. The van der Waals surface area contributed by atoms with Crippen LogP contribution in [0, 0.1) is 0 Å². The molecule has 0 atom stereocenters. The lowest BCUT2D eigenvalue weighted by molar-refractivity contribution is 0.0532. The van der Waals surface area contributed by atoms with Crippen LogP contribution in [0.1, 0.15) is 25.7 Å². The molecule has 0 aromatic carbocycles. The van der Waals surface area contributed by atoms with Crippen molar-refractivity contribution in [3.63, 3.8) is 0 Å². The SMILES string of the molecule is COC1CCC(NN(C)C)CC1. The third kappa shape index (κ3) is 3.09. The molecule has 0 bridgehead atoms. The zero-order chi connectivity index (χ0) is 8.97. The minimum Gasteiger partial charge on any atom is -0.381 e. The standard InChI is InChI=1S/C9H20N2O/c1-11(2)10-8-4-6-9(12-3)7-5-8/h8-10H,4-7H2,1-3H3. The average Bonchev–Trinajstić information content (AvgIpc) is 2.05. The Balaban J connectivity index is 2.17. The van der Waals surface area contributed by atoms with Crippen molar-refractivity contribution in [2.45, 2.75) is 37.8 Å². The van der Waals surface area contributed by atoms with Gasteiger partial charge in [-0.25, -0.2) is 0 Å². The molecule has 1 aliphatic rings. The lowest BCUT2D eigenvalue weighted by Crippen LogP contribution is -2.42. The van der Waals surface area contributed by atoms with Crippen LogP contribution in [0.5, 0.6) is 0 Å². The van der Waals surface area contributed by atoms with Crippen LogP contribution in [0.2, 0.25) is 0 Å². The fraction of sp³-hybridized carbons (Fsp3) is 1.00. The van der Waals surface area contributed by atoms with Gasteiger partial charge in [-0.2, -0.15) is 0 Å². The van der Waals surface area contributed by atoms with Crippen molar-refractivity contribution in [1.29, 1.82) is 0 Å². The molecular weight excluding hydrogens is 152 g/mol. The van der Waals surface area contributed by atoms with Crippen LogP contribution >= 0.6 is 0 Å². The summed E-state index contributed by atoms with van der Waals surface area (Å²) in [4.78, 5) is 0. The molecule has 0 spiro atoms.